The number of rotatable bonds is 6. The van der Waals surface area contributed by atoms with Crippen LogP contribution in [0, 0.1) is 12.8 Å². The maximum Gasteiger partial charge on any atom is 0.0428 e. The molecule has 0 aliphatic heterocycles. The molecule has 0 saturated heterocycles. The van der Waals surface area contributed by atoms with Gasteiger partial charge >= 0.3 is 0 Å². The van der Waals surface area contributed by atoms with Crippen LogP contribution in [0.4, 0.5) is 0 Å². The Balaban J connectivity index is 2.77. The Bertz CT molecular complexity index is 368. The molecule has 0 radical (unpaired) electrons. The molecule has 1 rings (SSSR count). The minimum Gasteiger partial charge on any atom is -0.371 e. The van der Waals surface area contributed by atoms with Crippen LogP contribution in [0.3, 0.4) is 0 Å². The second kappa shape index (κ2) is 6.48. The molecule has 0 heterocycles. The SMILES string of the molecule is C=C(C(C)CC)N(CC)Cc1ccccc1C. The number of aryl methyl sites for hydroxylation is 1. The van der Waals surface area contributed by atoms with Crippen LogP contribution in [-0.2, 0) is 6.54 Å². The highest BCUT2D eigenvalue weighted by molar-refractivity contribution is 5.26. The molecule has 0 saturated carbocycles. The summed E-state index contributed by atoms with van der Waals surface area (Å²) in [5.74, 6) is 0.568. The first kappa shape index (κ1) is 13.8. The van der Waals surface area contributed by atoms with Crippen molar-refractivity contribution in [1.29, 1.82) is 0 Å². The van der Waals surface area contributed by atoms with Crippen molar-refractivity contribution in [3.63, 3.8) is 0 Å². The Kier molecular flexibility index (Phi) is 5.27. The molecule has 0 bridgehead atoms. The van der Waals surface area contributed by atoms with Crippen LogP contribution in [-0.4, -0.2) is 11.4 Å². The van der Waals surface area contributed by atoms with Gasteiger partial charge in [0.2, 0.25) is 0 Å². The van der Waals surface area contributed by atoms with Gasteiger partial charge in [-0.3, -0.25) is 0 Å². The van der Waals surface area contributed by atoms with E-state index in [2.05, 4.69) is 63.4 Å². The quantitative estimate of drug-likeness (QED) is 0.702. The van der Waals surface area contributed by atoms with Crippen LogP contribution in [0.25, 0.3) is 0 Å². The monoisotopic (exact) mass is 231 g/mol. The Morgan fingerprint density at radius 3 is 2.47 bits per heavy atom. The molecule has 1 heteroatoms. The fourth-order valence-electron chi connectivity index (χ4n) is 1.96. The van der Waals surface area contributed by atoms with E-state index in [-0.39, 0.29) is 0 Å². The fourth-order valence-corrected chi connectivity index (χ4v) is 1.96. The molecule has 0 aliphatic carbocycles. The largest absolute Gasteiger partial charge is 0.371 e. The van der Waals surface area contributed by atoms with Crippen molar-refractivity contribution in [3.05, 3.63) is 47.7 Å². The molecular formula is C16H25N. The highest BCUT2D eigenvalue weighted by Gasteiger charge is 2.12. The average molecular weight is 231 g/mol. The van der Waals surface area contributed by atoms with Gasteiger partial charge < -0.3 is 4.90 Å². The average Bonchev–Trinajstić information content (AvgIpc) is 2.36. The molecule has 0 N–H and O–H groups in total. The molecule has 1 unspecified atom stereocenters. The Morgan fingerprint density at radius 1 is 1.29 bits per heavy atom. The van der Waals surface area contributed by atoms with Crippen LogP contribution in [0.2, 0.25) is 0 Å². The molecule has 1 aromatic rings. The minimum absolute atomic E-state index is 0.568. The van der Waals surface area contributed by atoms with Crippen molar-refractivity contribution in [1.82, 2.24) is 4.90 Å². The predicted molar refractivity (Wildman–Crippen MR) is 75.9 cm³/mol. The molecule has 1 atom stereocenters. The molecule has 17 heavy (non-hydrogen) atoms. The van der Waals surface area contributed by atoms with Gasteiger partial charge in [-0.15, -0.1) is 0 Å². The molecule has 0 aliphatic rings. The fraction of sp³-hybridized carbons (Fsp3) is 0.500. The van der Waals surface area contributed by atoms with Crippen molar-refractivity contribution in [3.8, 4) is 0 Å². The van der Waals surface area contributed by atoms with E-state index in [1.54, 1.807) is 0 Å². The van der Waals surface area contributed by atoms with E-state index in [0.29, 0.717) is 5.92 Å². The first-order valence-corrected chi connectivity index (χ1v) is 6.58. The molecule has 1 nitrogen and oxygen atoms in total. The highest BCUT2D eigenvalue weighted by atomic mass is 15.1. The van der Waals surface area contributed by atoms with Crippen LogP contribution >= 0.6 is 0 Å². The van der Waals surface area contributed by atoms with Gasteiger partial charge in [0, 0.05) is 18.8 Å². The number of benzene rings is 1. The van der Waals surface area contributed by atoms with Crippen LogP contribution in [0.1, 0.15) is 38.3 Å². The molecule has 94 valence electrons. The lowest BCUT2D eigenvalue weighted by atomic mass is 10.0. The van der Waals surface area contributed by atoms with Crippen LogP contribution in [0.15, 0.2) is 36.5 Å². The van der Waals surface area contributed by atoms with Gasteiger partial charge in [-0.05, 0) is 37.3 Å². The molecule has 0 fully saturated rings. The molecule has 0 aromatic heterocycles. The maximum atomic E-state index is 4.25. The number of hydrogen-bond acceptors (Lipinski definition) is 1. The number of nitrogens with zero attached hydrogens (tertiary/aromatic N) is 1. The van der Waals surface area contributed by atoms with Crippen LogP contribution < -0.4 is 0 Å². The number of hydrogen-bond donors (Lipinski definition) is 0. The van der Waals surface area contributed by atoms with Gasteiger partial charge in [0.25, 0.3) is 0 Å². The molecule has 1 aromatic carbocycles. The Labute approximate surface area is 106 Å². The second-order valence-electron chi connectivity index (χ2n) is 4.74. The van der Waals surface area contributed by atoms with E-state index in [9.17, 15) is 0 Å². The van der Waals surface area contributed by atoms with Crippen molar-refractivity contribution in [2.24, 2.45) is 5.92 Å². The topological polar surface area (TPSA) is 3.24 Å². The van der Waals surface area contributed by atoms with E-state index in [0.717, 1.165) is 19.5 Å². The smallest absolute Gasteiger partial charge is 0.0428 e. The standard InChI is InChI=1S/C16H25N/c1-6-13(3)15(5)17(7-2)12-16-11-9-8-10-14(16)4/h8-11,13H,5-7,12H2,1-4H3. The summed E-state index contributed by atoms with van der Waals surface area (Å²) < 4.78 is 0. The van der Waals surface area contributed by atoms with Gasteiger partial charge in [-0.1, -0.05) is 44.7 Å². The number of allylic oxidation sites excluding steroid dienone is 1. The van der Waals surface area contributed by atoms with E-state index in [4.69, 9.17) is 0 Å². The lowest BCUT2D eigenvalue weighted by Gasteiger charge is -2.29. The lowest BCUT2D eigenvalue weighted by Crippen LogP contribution is -2.25. The Hall–Kier alpha value is -1.24. The summed E-state index contributed by atoms with van der Waals surface area (Å²) in [7, 11) is 0. The van der Waals surface area contributed by atoms with Gasteiger partial charge in [0.1, 0.15) is 0 Å². The summed E-state index contributed by atoms with van der Waals surface area (Å²) in [5.41, 5.74) is 4.03. The van der Waals surface area contributed by atoms with Gasteiger partial charge in [-0.2, -0.15) is 0 Å². The zero-order chi connectivity index (χ0) is 12.8. The summed E-state index contributed by atoms with van der Waals surface area (Å²) in [6.07, 6.45) is 1.16. The normalized spacial score (nSPS) is 12.2. The van der Waals surface area contributed by atoms with E-state index in [1.807, 2.05) is 0 Å². The Morgan fingerprint density at radius 2 is 1.94 bits per heavy atom. The van der Waals surface area contributed by atoms with Crippen LogP contribution in [0.5, 0.6) is 0 Å². The zero-order valence-electron chi connectivity index (χ0n) is 11.7. The van der Waals surface area contributed by atoms with Gasteiger partial charge in [-0.25, -0.2) is 0 Å². The lowest BCUT2D eigenvalue weighted by molar-refractivity contribution is 0.312. The molecular weight excluding hydrogens is 206 g/mol. The third kappa shape index (κ3) is 3.62. The third-order valence-electron chi connectivity index (χ3n) is 3.59. The van der Waals surface area contributed by atoms with Crippen molar-refractivity contribution in [2.45, 2.75) is 40.7 Å². The predicted octanol–water partition coefficient (Wildman–Crippen LogP) is 4.38. The maximum absolute atomic E-state index is 4.25. The first-order chi connectivity index (χ1) is 8.10. The van der Waals surface area contributed by atoms with Gasteiger partial charge in [0.05, 0.1) is 0 Å². The van der Waals surface area contributed by atoms with Crippen molar-refractivity contribution in [2.75, 3.05) is 6.54 Å². The van der Waals surface area contributed by atoms with E-state index >= 15 is 0 Å². The summed E-state index contributed by atoms with van der Waals surface area (Å²) in [4.78, 5) is 2.39. The molecule has 0 amide bonds. The zero-order valence-corrected chi connectivity index (χ0v) is 11.7. The third-order valence-corrected chi connectivity index (χ3v) is 3.59. The van der Waals surface area contributed by atoms with Crippen molar-refractivity contribution < 1.29 is 0 Å². The van der Waals surface area contributed by atoms with Crippen molar-refractivity contribution >= 4 is 0 Å². The summed E-state index contributed by atoms with van der Waals surface area (Å²) in [6, 6.07) is 8.60. The van der Waals surface area contributed by atoms with E-state index in [1.165, 1.54) is 16.8 Å². The highest BCUT2D eigenvalue weighted by Crippen LogP contribution is 2.20. The minimum atomic E-state index is 0.568. The summed E-state index contributed by atoms with van der Waals surface area (Å²) in [5, 5.41) is 0. The van der Waals surface area contributed by atoms with E-state index < -0.39 is 0 Å². The molecule has 0 spiro atoms. The summed E-state index contributed by atoms with van der Waals surface area (Å²) >= 11 is 0. The summed E-state index contributed by atoms with van der Waals surface area (Å²) in [6.45, 7) is 15.1. The first-order valence-electron chi connectivity index (χ1n) is 6.58. The van der Waals surface area contributed by atoms with Gasteiger partial charge in [0.15, 0.2) is 0 Å². The second-order valence-corrected chi connectivity index (χ2v) is 4.74.